The molecule has 1 rings (SSSR count). The van der Waals surface area contributed by atoms with E-state index in [1.54, 1.807) is 0 Å². The predicted octanol–water partition coefficient (Wildman–Crippen LogP) is 3.67. The number of hydrogen-bond donors (Lipinski definition) is 1. The van der Waals surface area contributed by atoms with Gasteiger partial charge in [-0.25, -0.2) is 0 Å². The third-order valence-corrected chi connectivity index (χ3v) is 4.16. The van der Waals surface area contributed by atoms with E-state index >= 15 is 0 Å². The van der Waals surface area contributed by atoms with Crippen molar-refractivity contribution in [3.05, 3.63) is 0 Å². The van der Waals surface area contributed by atoms with Crippen LogP contribution in [0.3, 0.4) is 0 Å². The van der Waals surface area contributed by atoms with Crippen LogP contribution >= 0.6 is 0 Å². The second-order valence-corrected chi connectivity index (χ2v) is 7.40. The maximum atomic E-state index is 3.74. The van der Waals surface area contributed by atoms with Crippen LogP contribution in [0.1, 0.15) is 66.2 Å². The average molecular weight is 254 g/mol. The van der Waals surface area contributed by atoms with Crippen LogP contribution in [0, 0.1) is 5.41 Å². The van der Waals surface area contributed by atoms with Crippen molar-refractivity contribution in [2.45, 2.75) is 71.8 Å². The first-order valence-corrected chi connectivity index (χ1v) is 7.80. The molecule has 2 nitrogen and oxygen atoms in total. The molecule has 0 heterocycles. The first kappa shape index (κ1) is 16.0. The van der Waals surface area contributed by atoms with Crippen LogP contribution < -0.4 is 5.32 Å². The fourth-order valence-corrected chi connectivity index (χ4v) is 3.05. The molecule has 2 heteroatoms. The third kappa shape index (κ3) is 5.71. The van der Waals surface area contributed by atoms with Gasteiger partial charge in [0.1, 0.15) is 0 Å². The van der Waals surface area contributed by atoms with Gasteiger partial charge in [-0.2, -0.15) is 0 Å². The lowest BCUT2D eigenvalue weighted by atomic mass is 9.84. The molecule has 0 atom stereocenters. The molecule has 0 radical (unpaired) electrons. The first-order valence-electron chi connectivity index (χ1n) is 7.80. The molecule has 0 aromatic heterocycles. The summed E-state index contributed by atoms with van der Waals surface area (Å²) in [6, 6.07) is 0. The van der Waals surface area contributed by atoms with Gasteiger partial charge in [-0.1, -0.05) is 26.2 Å². The number of nitrogens with zero attached hydrogens (tertiary/aromatic N) is 1. The second-order valence-electron chi connectivity index (χ2n) is 7.40. The molecule has 0 saturated heterocycles. The van der Waals surface area contributed by atoms with Gasteiger partial charge in [0.2, 0.25) is 0 Å². The maximum absolute atomic E-state index is 3.74. The summed E-state index contributed by atoms with van der Waals surface area (Å²) in [5.41, 5.74) is 0.785. The zero-order valence-corrected chi connectivity index (χ0v) is 13.3. The van der Waals surface area contributed by atoms with Crippen LogP contribution in [0.2, 0.25) is 0 Å². The topological polar surface area (TPSA) is 15.3 Å². The quantitative estimate of drug-likeness (QED) is 0.746. The average Bonchev–Trinajstić information content (AvgIpc) is 2.72. The number of rotatable bonds is 7. The lowest BCUT2D eigenvalue weighted by Gasteiger charge is -2.36. The molecule has 1 saturated carbocycles. The largest absolute Gasteiger partial charge is 0.311 e. The smallest absolute Gasteiger partial charge is 0.00967 e. The van der Waals surface area contributed by atoms with Crippen LogP contribution in [0.5, 0.6) is 0 Å². The summed E-state index contributed by atoms with van der Waals surface area (Å²) in [5.74, 6) is 0. The summed E-state index contributed by atoms with van der Waals surface area (Å²) in [7, 11) is 2.30. The second kappa shape index (κ2) is 6.91. The molecule has 1 aliphatic rings. The predicted molar refractivity (Wildman–Crippen MR) is 81.1 cm³/mol. The normalized spacial score (nSPS) is 19.7. The van der Waals surface area contributed by atoms with Crippen molar-refractivity contribution in [1.29, 1.82) is 0 Å². The van der Waals surface area contributed by atoms with Gasteiger partial charge < -0.3 is 10.2 Å². The minimum Gasteiger partial charge on any atom is -0.311 e. The highest BCUT2D eigenvalue weighted by Gasteiger charge is 2.35. The van der Waals surface area contributed by atoms with Gasteiger partial charge >= 0.3 is 0 Å². The lowest BCUT2D eigenvalue weighted by Crippen LogP contribution is -2.47. The zero-order chi connectivity index (χ0) is 13.6. The molecule has 0 unspecified atom stereocenters. The Hall–Kier alpha value is -0.0800. The van der Waals surface area contributed by atoms with Crippen molar-refractivity contribution in [1.82, 2.24) is 10.2 Å². The van der Waals surface area contributed by atoms with E-state index in [2.05, 4.69) is 45.0 Å². The Balaban J connectivity index is 2.47. The minimum atomic E-state index is 0.248. The standard InChI is InChI=1S/C16H34N2/c1-6-7-12-18(5)14-16(10-8-9-11-16)13-17-15(2,3)4/h17H,6-14H2,1-5H3. The molecule has 0 bridgehead atoms. The maximum Gasteiger partial charge on any atom is 0.00967 e. The molecular weight excluding hydrogens is 220 g/mol. The van der Waals surface area contributed by atoms with E-state index in [-0.39, 0.29) is 5.54 Å². The molecule has 0 aromatic rings. The highest BCUT2D eigenvalue weighted by molar-refractivity contribution is 4.90. The fraction of sp³-hybridized carbons (Fsp3) is 1.00. The molecule has 0 amide bonds. The van der Waals surface area contributed by atoms with Gasteiger partial charge in [-0.3, -0.25) is 0 Å². The van der Waals surface area contributed by atoms with Crippen LogP contribution in [0.4, 0.5) is 0 Å². The summed E-state index contributed by atoms with van der Waals surface area (Å²) >= 11 is 0. The number of nitrogens with one attached hydrogen (secondary N) is 1. The van der Waals surface area contributed by atoms with Crippen molar-refractivity contribution in [3.8, 4) is 0 Å². The first-order chi connectivity index (χ1) is 8.37. The van der Waals surface area contributed by atoms with E-state index in [1.807, 2.05) is 0 Å². The van der Waals surface area contributed by atoms with E-state index in [9.17, 15) is 0 Å². The van der Waals surface area contributed by atoms with Crippen molar-refractivity contribution in [2.24, 2.45) is 5.41 Å². The number of unbranched alkanes of at least 4 members (excludes halogenated alkanes) is 1. The van der Waals surface area contributed by atoms with Crippen LogP contribution in [-0.4, -0.2) is 37.1 Å². The summed E-state index contributed by atoms with van der Waals surface area (Å²) < 4.78 is 0. The van der Waals surface area contributed by atoms with Gasteiger partial charge in [-0.05, 0) is 59.0 Å². The van der Waals surface area contributed by atoms with Crippen LogP contribution in [0.25, 0.3) is 0 Å². The molecule has 108 valence electrons. The van der Waals surface area contributed by atoms with E-state index in [0.29, 0.717) is 5.41 Å². The summed E-state index contributed by atoms with van der Waals surface area (Å²) in [6.07, 6.45) is 8.30. The van der Waals surface area contributed by atoms with Crippen molar-refractivity contribution < 1.29 is 0 Å². The Morgan fingerprint density at radius 2 is 1.78 bits per heavy atom. The van der Waals surface area contributed by atoms with Gasteiger partial charge in [0.05, 0.1) is 0 Å². The lowest BCUT2D eigenvalue weighted by molar-refractivity contribution is 0.160. The Bertz CT molecular complexity index is 224. The number of hydrogen-bond acceptors (Lipinski definition) is 2. The molecule has 0 spiro atoms. The summed E-state index contributed by atoms with van der Waals surface area (Å²) in [6.45, 7) is 12.8. The van der Waals surface area contributed by atoms with Gasteiger partial charge in [-0.15, -0.1) is 0 Å². The Kier molecular flexibility index (Phi) is 6.13. The Morgan fingerprint density at radius 1 is 1.17 bits per heavy atom. The highest BCUT2D eigenvalue weighted by Crippen LogP contribution is 2.38. The van der Waals surface area contributed by atoms with Gasteiger partial charge in [0, 0.05) is 18.6 Å². The SMILES string of the molecule is CCCCN(C)CC1(CNC(C)(C)C)CCCC1. The van der Waals surface area contributed by atoms with Crippen molar-refractivity contribution in [2.75, 3.05) is 26.7 Å². The third-order valence-electron chi connectivity index (χ3n) is 4.16. The van der Waals surface area contributed by atoms with Gasteiger partial charge in [0.25, 0.3) is 0 Å². The molecule has 1 fully saturated rings. The van der Waals surface area contributed by atoms with E-state index < -0.39 is 0 Å². The Labute approximate surface area is 115 Å². The summed E-state index contributed by atoms with van der Waals surface area (Å²) in [4.78, 5) is 2.55. The van der Waals surface area contributed by atoms with Crippen molar-refractivity contribution in [3.63, 3.8) is 0 Å². The van der Waals surface area contributed by atoms with E-state index in [1.165, 1.54) is 58.2 Å². The van der Waals surface area contributed by atoms with Crippen molar-refractivity contribution >= 4 is 0 Å². The molecular formula is C16H34N2. The summed E-state index contributed by atoms with van der Waals surface area (Å²) in [5, 5.41) is 3.74. The van der Waals surface area contributed by atoms with E-state index in [4.69, 9.17) is 0 Å². The van der Waals surface area contributed by atoms with Crippen LogP contribution in [0.15, 0.2) is 0 Å². The minimum absolute atomic E-state index is 0.248. The monoisotopic (exact) mass is 254 g/mol. The molecule has 1 aliphatic carbocycles. The molecule has 18 heavy (non-hydrogen) atoms. The van der Waals surface area contributed by atoms with E-state index in [0.717, 1.165) is 0 Å². The highest BCUT2D eigenvalue weighted by atomic mass is 15.1. The molecule has 0 aliphatic heterocycles. The van der Waals surface area contributed by atoms with Crippen LogP contribution in [-0.2, 0) is 0 Å². The molecule has 0 aromatic carbocycles. The zero-order valence-electron chi connectivity index (χ0n) is 13.3. The molecule has 1 N–H and O–H groups in total. The fourth-order valence-electron chi connectivity index (χ4n) is 3.05. The van der Waals surface area contributed by atoms with Gasteiger partial charge in [0.15, 0.2) is 0 Å². The Morgan fingerprint density at radius 3 is 2.28 bits per heavy atom.